The molecule has 0 radical (unpaired) electrons. The van der Waals surface area contributed by atoms with Crippen LogP contribution in [0.25, 0.3) is 0 Å². The highest BCUT2D eigenvalue weighted by atomic mass is 35.5. The highest BCUT2D eigenvalue weighted by Gasteiger charge is 2.20. The zero-order valence-corrected chi connectivity index (χ0v) is 11.3. The highest BCUT2D eigenvalue weighted by Crippen LogP contribution is 2.31. The maximum Gasteiger partial charge on any atom is 0.265 e. The summed E-state index contributed by atoms with van der Waals surface area (Å²) in [6, 6.07) is 5.96. The van der Waals surface area contributed by atoms with Crippen LogP contribution in [0.5, 0.6) is 5.75 Å². The minimum atomic E-state index is -4.22. The van der Waals surface area contributed by atoms with Gasteiger partial charge in [0, 0.05) is 6.07 Å². The molecule has 0 heterocycles. The number of sulfonamides is 1. The molecule has 0 unspecified atom stereocenters. The normalized spacial score (nSPS) is 11.3. The number of phenols is 1. The van der Waals surface area contributed by atoms with E-state index in [1.165, 1.54) is 12.1 Å². The fourth-order valence-corrected chi connectivity index (χ4v) is 2.93. The van der Waals surface area contributed by atoms with Gasteiger partial charge in [-0.15, -0.1) is 0 Å². The molecular formula is C12H8ClF2NO3S. The van der Waals surface area contributed by atoms with Crippen molar-refractivity contribution >= 4 is 27.3 Å². The van der Waals surface area contributed by atoms with Gasteiger partial charge in [0.25, 0.3) is 10.0 Å². The molecule has 0 spiro atoms. The quantitative estimate of drug-likeness (QED) is 0.913. The Bertz CT molecular complexity index is 745. The van der Waals surface area contributed by atoms with E-state index in [-0.39, 0.29) is 10.7 Å². The van der Waals surface area contributed by atoms with Crippen molar-refractivity contribution in [2.45, 2.75) is 4.90 Å². The Morgan fingerprint density at radius 1 is 1.10 bits per heavy atom. The number of phenolic OH excluding ortho intramolecular Hbond substituents is 1. The van der Waals surface area contributed by atoms with E-state index in [9.17, 15) is 22.3 Å². The van der Waals surface area contributed by atoms with Crippen molar-refractivity contribution in [2.75, 3.05) is 4.72 Å². The average molecular weight is 320 g/mol. The molecule has 8 heteroatoms. The fourth-order valence-electron chi connectivity index (χ4n) is 1.54. The molecule has 0 aliphatic carbocycles. The van der Waals surface area contributed by atoms with Gasteiger partial charge in [-0.1, -0.05) is 17.7 Å². The molecule has 4 nitrogen and oxygen atoms in total. The number of benzene rings is 2. The van der Waals surface area contributed by atoms with Gasteiger partial charge in [0.05, 0.1) is 10.7 Å². The second-order valence-electron chi connectivity index (χ2n) is 3.85. The second-order valence-corrected chi connectivity index (χ2v) is 5.91. The number of halogens is 3. The third-order valence-corrected chi connectivity index (χ3v) is 4.07. The second kappa shape index (κ2) is 5.26. The van der Waals surface area contributed by atoms with Crippen LogP contribution in [-0.2, 0) is 10.0 Å². The summed E-state index contributed by atoms with van der Waals surface area (Å²) >= 11 is 5.61. The molecule has 2 N–H and O–H groups in total. The van der Waals surface area contributed by atoms with E-state index in [1.54, 1.807) is 0 Å². The Kier molecular flexibility index (Phi) is 3.82. The summed E-state index contributed by atoms with van der Waals surface area (Å²) in [7, 11) is -4.22. The summed E-state index contributed by atoms with van der Waals surface area (Å²) < 4.78 is 52.0. The molecule has 0 amide bonds. The van der Waals surface area contributed by atoms with Gasteiger partial charge in [0.1, 0.15) is 16.5 Å². The number of nitrogens with one attached hydrogen (secondary N) is 1. The van der Waals surface area contributed by atoms with Crippen molar-refractivity contribution in [3.05, 3.63) is 53.1 Å². The van der Waals surface area contributed by atoms with Crippen LogP contribution in [0.3, 0.4) is 0 Å². The van der Waals surface area contributed by atoms with Crippen molar-refractivity contribution in [2.24, 2.45) is 0 Å². The van der Waals surface area contributed by atoms with E-state index < -0.39 is 32.3 Å². The Morgan fingerprint density at radius 2 is 1.70 bits per heavy atom. The van der Waals surface area contributed by atoms with Crippen molar-refractivity contribution < 1.29 is 22.3 Å². The summed E-state index contributed by atoms with van der Waals surface area (Å²) in [6.07, 6.45) is 0. The number of hydrogen-bond donors (Lipinski definition) is 2. The molecule has 0 fully saturated rings. The zero-order chi connectivity index (χ0) is 14.9. The molecule has 0 aliphatic rings. The van der Waals surface area contributed by atoms with Crippen LogP contribution in [0.4, 0.5) is 14.5 Å². The van der Waals surface area contributed by atoms with E-state index >= 15 is 0 Å². The summed E-state index contributed by atoms with van der Waals surface area (Å²) in [6.45, 7) is 0. The lowest BCUT2D eigenvalue weighted by atomic mass is 10.3. The Balaban J connectivity index is 2.43. The van der Waals surface area contributed by atoms with Crippen LogP contribution in [0, 0.1) is 11.6 Å². The van der Waals surface area contributed by atoms with E-state index in [1.807, 2.05) is 4.72 Å². The van der Waals surface area contributed by atoms with Gasteiger partial charge in [-0.05, 0) is 24.3 Å². The Labute approximate surface area is 118 Å². The summed E-state index contributed by atoms with van der Waals surface area (Å²) in [5, 5.41) is 9.47. The maximum absolute atomic E-state index is 13.0. The van der Waals surface area contributed by atoms with Crippen LogP contribution in [0.2, 0.25) is 5.02 Å². The van der Waals surface area contributed by atoms with Crippen molar-refractivity contribution in [1.82, 2.24) is 0 Å². The zero-order valence-electron chi connectivity index (χ0n) is 9.77. The molecule has 20 heavy (non-hydrogen) atoms. The molecule has 0 aliphatic heterocycles. The molecule has 2 aromatic carbocycles. The minimum Gasteiger partial charge on any atom is -0.505 e. The van der Waals surface area contributed by atoms with E-state index in [4.69, 9.17) is 11.6 Å². The topological polar surface area (TPSA) is 66.4 Å². The van der Waals surface area contributed by atoms with Gasteiger partial charge in [-0.2, -0.15) is 0 Å². The van der Waals surface area contributed by atoms with Crippen molar-refractivity contribution in [3.63, 3.8) is 0 Å². The van der Waals surface area contributed by atoms with E-state index in [0.29, 0.717) is 6.07 Å². The maximum atomic E-state index is 13.0. The van der Waals surface area contributed by atoms with Gasteiger partial charge >= 0.3 is 0 Å². The lowest BCUT2D eigenvalue weighted by Crippen LogP contribution is -2.13. The molecule has 0 bridgehead atoms. The molecular weight excluding hydrogens is 312 g/mol. The first-order valence-electron chi connectivity index (χ1n) is 5.26. The predicted molar refractivity (Wildman–Crippen MR) is 70.3 cm³/mol. The average Bonchev–Trinajstić information content (AvgIpc) is 2.30. The fraction of sp³-hybridized carbons (Fsp3) is 0. The van der Waals surface area contributed by atoms with Crippen LogP contribution >= 0.6 is 11.6 Å². The summed E-state index contributed by atoms with van der Waals surface area (Å²) in [5.74, 6) is -2.51. The van der Waals surface area contributed by atoms with Crippen LogP contribution in [0.1, 0.15) is 0 Å². The largest absolute Gasteiger partial charge is 0.505 e. The smallest absolute Gasteiger partial charge is 0.265 e. The third kappa shape index (κ3) is 3.00. The predicted octanol–water partition coefficient (Wildman–Crippen LogP) is 3.12. The molecule has 0 aromatic heterocycles. The first-order chi connectivity index (χ1) is 9.29. The molecule has 2 rings (SSSR count). The summed E-state index contributed by atoms with van der Waals surface area (Å²) in [4.78, 5) is -0.491. The lowest BCUT2D eigenvalue weighted by Gasteiger charge is -2.10. The molecule has 0 saturated heterocycles. The van der Waals surface area contributed by atoms with Gasteiger partial charge in [-0.3, -0.25) is 4.72 Å². The van der Waals surface area contributed by atoms with Gasteiger partial charge in [-0.25, -0.2) is 17.2 Å². The minimum absolute atomic E-state index is 0.154. The van der Waals surface area contributed by atoms with Crippen molar-refractivity contribution in [1.29, 1.82) is 0 Å². The monoisotopic (exact) mass is 319 g/mol. The van der Waals surface area contributed by atoms with Gasteiger partial charge in [0.15, 0.2) is 5.75 Å². The molecule has 106 valence electrons. The van der Waals surface area contributed by atoms with Gasteiger partial charge in [0.2, 0.25) is 0 Å². The van der Waals surface area contributed by atoms with Crippen LogP contribution in [0.15, 0.2) is 41.3 Å². The molecule has 0 saturated carbocycles. The Hall–Kier alpha value is -1.86. The molecule has 2 aromatic rings. The van der Waals surface area contributed by atoms with E-state index in [0.717, 1.165) is 18.2 Å². The first kappa shape index (κ1) is 14.5. The highest BCUT2D eigenvalue weighted by molar-refractivity contribution is 7.92. The number of para-hydroxylation sites is 1. The number of rotatable bonds is 3. The molecule has 0 atom stereocenters. The summed E-state index contributed by atoms with van der Waals surface area (Å²) in [5.41, 5.74) is -0.304. The van der Waals surface area contributed by atoms with E-state index in [2.05, 4.69) is 0 Å². The SMILES string of the molecule is O=S(=O)(Nc1cc(F)cc(F)c1)c1cccc(Cl)c1O. The standard InChI is InChI=1S/C12H8ClF2NO3S/c13-10-2-1-3-11(12(10)17)20(18,19)16-9-5-7(14)4-8(15)6-9/h1-6,16-17H. The number of aromatic hydroxyl groups is 1. The number of hydrogen-bond acceptors (Lipinski definition) is 3. The van der Waals surface area contributed by atoms with Crippen LogP contribution < -0.4 is 4.72 Å². The third-order valence-electron chi connectivity index (χ3n) is 2.35. The van der Waals surface area contributed by atoms with Crippen LogP contribution in [-0.4, -0.2) is 13.5 Å². The first-order valence-corrected chi connectivity index (χ1v) is 7.12. The van der Waals surface area contributed by atoms with Crippen molar-refractivity contribution in [3.8, 4) is 5.75 Å². The Morgan fingerprint density at radius 3 is 2.30 bits per heavy atom. The number of anilines is 1. The lowest BCUT2D eigenvalue weighted by molar-refractivity contribution is 0.459. The van der Waals surface area contributed by atoms with Gasteiger partial charge < -0.3 is 5.11 Å².